The van der Waals surface area contributed by atoms with Crippen LogP contribution in [0.5, 0.6) is 0 Å². The third-order valence-electron chi connectivity index (χ3n) is 5.05. The van der Waals surface area contributed by atoms with E-state index in [-0.39, 0.29) is 22.8 Å². The Morgan fingerprint density at radius 2 is 1.85 bits per heavy atom. The number of rotatable bonds is 2. The monoisotopic (exact) mass is 364 g/mol. The summed E-state index contributed by atoms with van der Waals surface area (Å²) in [6.07, 6.45) is 1.47. The summed E-state index contributed by atoms with van der Waals surface area (Å²) in [5.74, 6) is 0.585. The largest absolute Gasteiger partial charge is 0.350 e. The maximum Gasteiger partial charge on any atom is 0.270 e. The smallest absolute Gasteiger partial charge is 0.270 e. The predicted octanol–water partition coefficient (Wildman–Crippen LogP) is 1.94. The van der Waals surface area contributed by atoms with Crippen molar-refractivity contribution in [3.05, 3.63) is 74.2 Å². The molecule has 0 aliphatic carbocycles. The molecule has 2 N–H and O–H groups in total. The second kappa shape index (κ2) is 6.83. The summed E-state index contributed by atoms with van der Waals surface area (Å²) in [4.78, 5) is 48.6. The van der Waals surface area contributed by atoms with Crippen molar-refractivity contribution in [3.63, 3.8) is 0 Å². The van der Waals surface area contributed by atoms with Crippen molar-refractivity contribution in [2.24, 2.45) is 0 Å². The Morgan fingerprint density at radius 3 is 2.59 bits per heavy atom. The molecule has 1 amide bonds. The number of carbonyl (C=O) groups excluding carboxylic acids is 1. The van der Waals surface area contributed by atoms with Crippen LogP contribution >= 0.6 is 0 Å². The van der Waals surface area contributed by atoms with E-state index in [9.17, 15) is 14.4 Å². The van der Waals surface area contributed by atoms with Gasteiger partial charge in [-0.25, -0.2) is 4.98 Å². The van der Waals surface area contributed by atoms with E-state index >= 15 is 0 Å². The summed E-state index contributed by atoms with van der Waals surface area (Å²) in [5.41, 5.74) is 1.44. The average Bonchev–Trinajstić information content (AvgIpc) is 2.67. The first-order chi connectivity index (χ1) is 13.0. The third-order valence-corrected chi connectivity index (χ3v) is 5.05. The zero-order valence-corrected chi connectivity index (χ0v) is 15.0. The molecule has 138 valence electrons. The number of aromatic amines is 2. The van der Waals surface area contributed by atoms with Crippen LogP contribution in [0.1, 0.15) is 40.8 Å². The fourth-order valence-electron chi connectivity index (χ4n) is 3.67. The number of benzene rings is 1. The summed E-state index contributed by atoms with van der Waals surface area (Å²) in [7, 11) is 0. The second-order valence-electron chi connectivity index (χ2n) is 6.91. The number of pyridine rings is 1. The van der Waals surface area contributed by atoms with Gasteiger partial charge in [-0.05, 0) is 31.9 Å². The van der Waals surface area contributed by atoms with Crippen molar-refractivity contribution in [1.82, 2.24) is 19.9 Å². The van der Waals surface area contributed by atoms with Gasteiger partial charge < -0.3 is 14.9 Å². The van der Waals surface area contributed by atoms with Gasteiger partial charge in [0.15, 0.2) is 5.43 Å². The number of amides is 1. The number of para-hydroxylation sites is 1. The molecule has 7 heteroatoms. The van der Waals surface area contributed by atoms with Gasteiger partial charge in [-0.3, -0.25) is 14.4 Å². The molecule has 1 saturated heterocycles. The number of nitrogens with zero attached hydrogens (tertiary/aromatic N) is 2. The summed E-state index contributed by atoms with van der Waals surface area (Å²) in [5, 5.41) is 0.573. The molecule has 4 rings (SSSR count). The highest BCUT2D eigenvalue weighted by Crippen LogP contribution is 2.26. The number of hydrogen-bond acceptors (Lipinski definition) is 4. The second-order valence-corrected chi connectivity index (χ2v) is 6.91. The Labute approximate surface area is 155 Å². The number of hydrogen-bond donors (Lipinski definition) is 2. The molecule has 1 aliphatic rings. The van der Waals surface area contributed by atoms with E-state index in [0.29, 0.717) is 35.5 Å². The fraction of sp³-hybridized carbons (Fsp3) is 0.300. The molecule has 3 heterocycles. The molecule has 1 aromatic carbocycles. The van der Waals surface area contributed by atoms with Gasteiger partial charge in [0.05, 0.1) is 5.69 Å². The Kier molecular flexibility index (Phi) is 4.35. The number of fused-ring (bicyclic) bond motifs is 1. The lowest BCUT2D eigenvalue weighted by Crippen LogP contribution is -2.39. The molecule has 0 spiro atoms. The third kappa shape index (κ3) is 3.40. The first-order valence-electron chi connectivity index (χ1n) is 9.00. The standard InChI is InChI=1S/C20H20N4O3/c1-12-21-16(11-19(26)22-12)13-6-8-24(9-7-13)20(27)17-10-18(25)14-4-2-3-5-15(14)23-17/h2-5,10-11,13H,6-9H2,1H3,(H,23,25)(H,21,22,26). The SMILES string of the molecule is Cc1nc(C2CCN(C(=O)c3cc(=O)c4ccccc4[nH]3)CC2)cc(=O)[nH]1. The van der Waals surface area contributed by atoms with Crippen molar-refractivity contribution < 1.29 is 4.79 Å². The molecular weight excluding hydrogens is 344 g/mol. The maximum absolute atomic E-state index is 12.8. The van der Waals surface area contributed by atoms with Crippen molar-refractivity contribution in [2.45, 2.75) is 25.7 Å². The number of nitrogens with one attached hydrogen (secondary N) is 2. The minimum Gasteiger partial charge on any atom is -0.350 e. The van der Waals surface area contributed by atoms with Crippen LogP contribution < -0.4 is 11.0 Å². The Morgan fingerprint density at radius 1 is 1.11 bits per heavy atom. The first kappa shape index (κ1) is 17.2. The maximum atomic E-state index is 12.8. The minimum absolute atomic E-state index is 0.148. The Hall–Kier alpha value is -3.22. The van der Waals surface area contributed by atoms with Crippen LogP contribution in [0.2, 0.25) is 0 Å². The van der Waals surface area contributed by atoms with E-state index in [1.807, 2.05) is 6.07 Å². The van der Waals surface area contributed by atoms with E-state index in [4.69, 9.17) is 0 Å². The topological polar surface area (TPSA) is 98.9 Å². The summed E-state index contributed by atoms with van der Waals surface area (Å²) >= 11 is 0. The lowest BCUT2D eigenvalue weighted by atomic mass is 9.93. The van der Waals surface area contributed by atoms with E-state index in [1.54, 1.807) is 30.0 Å². The van der Waals surface area contributed by atoms with E-state index in [1.165, 1.54) is 12.1 Å². The molecule has 0 bridgehead atoms. The van der Waals surface area contributed by atoms with Crippen LogP contribution in [0.3, 0.4) is 0 Å². The molecular formula is C20H20N4O3. The molecule has 2 aromatic heterocycles. The van der Waals surface area contributed by atoms with Gasteiger partial charge in [0.2, 0.25) is 0 Å². The van der Waals surface area contributed by atoms with E-state index in [2.05, 4.69) is 15.0 Å². The average molecular weight is 364 g/mol. The van der Waals surface area contributed by atoms with Crippen molar-refractivity contribution >= 4 is 16.8 Å². The van der Waals surface area contributed by atoms with Gasteiger partial charge in [0, 0.05) is 42.0 Å². The lowest BCUT2D eigenvalue weighted by Gasteiger charge is -2.31. The van der Waals surface area contributed by atoms with Crippen molar-refractivity contribution in [2.75, 3.05) is 13.1 Å². The number of piperidine rings is 1. The van der Waals surface area contributed by atoms with Crippen molar-refractivity contribution in [3.8, 4) is 0 Å². The molecule has 7 nitrogen and oxygen atoms in total. The number of carbonyl (C=O) groups is 1. The molecule has 3 aromatic rings. The predicted molar refractivity (Wildman–Crippen MR) is 102 cm³/mol. The zero-order chi connectivity index (χ0) is 19.0. The Bertz CT molecular complexity index is 1120. The van der Waals surface area contributed by atoms with Gasteiger partial charge in [0.1, 0.15) is 11.5 Å². The quantitative estimate of drug-likeness (QED) is 0.726. The molecule has 0 atom stereocenters. The van der Waals surface area contributed by atoms with Crippen LogP contribution in [-0.4, -0.2) is 38.8 Å². The van der Waals surface area contributed by atoms with Crippen LogP contribution in [-0.2, 0) is 0 Å². The zero-order valence-electron chi connectivity index (χ0n) is 15.0. The Balaban J connectivity index is 1.52. The normalized spacial score (nSPS) is 15.2. The van der Waals surface area contributed by atoms with E-state index < -0.39 is 0 Å². The minimum atomic E-state index is -0.175. The molecule has 27 heavy (non-hydrogen) atoms. The van der Waals surface area contributed by atoms with Gasteiger partial charge in [-0.15, -0.1) is 0 Å². The molecule has 1 fully saturated rings. The molecule has 1 aliphatic heterocycles. The number of aryl methyl sites for hydroxylation is 1. The number of aromatic nitrogens is 3. The van der Waals surface area contributed by atoms with Crippen LogP contribution in [0.4, 0.5) is 0 Å². The molecule has 0 saturated carbocycles. The number of likely N-dealkylation sites (tertiary alicyclic amines) is 1. The highest BCUT2D eigenvalue weighted by atomic mass is 16.2. The first-order valence-corrected chi connectivity index (χ1v) is 9.00. The lowest BCUT2D eigenvalue weighted by molar-refractivity contribution is 0.0706. The van der Waals surface area contributed by atoms with Gasteiger partial charge >= 0.3 is 0 Å². The van der Waals surface area contributed by atoms with Gasteiger partial charge in [0.25, 0.3) is 11.5 Å². The van der Waals surface area contributed by atoms with Crippen LogP contribution in [0.15, 0.2) is 46.0 Å². The summed E-state index contributed by atoms with van der Waals surface area (Å²) < 4.78 is 0. The fourth-order valence-corrected chi connectivity index (χ4v) is 3.67. The van der Waals surface area contributed by atoms with Gasteiger partial charge in [-0.1, -0.05) is 12.1 Å². The van der Waals surface area contributed by atoms with Crippen LogP contribution in [0, 0.1) is 6.92 Å². The van der Waals surface area contributed by atoms with Crippen LogP contribution in [0.25, 0.3) is 10.9 Å². The van der Waals surface area contributed by atoms with Gasteiger partial charge in [-0.2, -0.15) is 0 Å². The highest BCUT2D eigenvalue weighted by Gasteiger charge is 2.26. The van der Waals surface area contributed by atoms with Crippen molar-refractivity contribution in [1.29, 1.82) is 0 Å². The molecule has 0 unspecified atom stereocenters. The molecule has 0 radical (unpaired) electrons. The summed E-state index contributed by atoms with van der Waals surface area (Å²) in [6, 6.07) is 10.1. The van der Waals surface area contributed by atoms with E-state index in [0.717, 1.165) is 18.5 Å². The number of H-pyrrole nitrogens is 2. The summed E-state index contributed by atoms with van der Waals surface area (Å²) in [6.45, 7) is 2.89. The highest BCUT2D eigenvalue weighted by molar-refractivity contribution is 5.94.